The van der Waals surface area contributed by atoms with Gasteiger partial charge in [-0.05, 0) is 32.9 Å². The van der Waals surface area contributed by atoms with Crippen LogP contribution in [0.4, 0.5) is 21.9 Å². The molecule has 0 saturated carbocycles. The first-order valence-corrected chi connectivity index (χ1v) is 9.65. The highest BCUT2D eigenvalue weighted by molar-refractivity contribution is 7.80. The summed E-state index contributed by atoms with van der Waals surface area (Å²) in [5.74, 6) is 0. The van der Waals surface area contributed by atoms with Gasteiger partial charge in [-0.1, -0.05) is 0 Å². The maximum absolute atomic E-state index is 12.2. The van der Waals surface area contributed by atoms with Crippen LogP contribution in [0.15, 0.2) is 18.2 Å². The van der Waals surface area contributed by atoms with E-state index in [1.165, 1.54) is 12.1 Å². The molecular formula is C16H24N4O7S. The zero-order valence-corrected chi connectivity index (χ0v) is 16.7. The molecule has 2 unspecified atom stereocenters. The first kappa shape index (κ1) is 21.9. The Balaban J connectivity index is 2.00. The van der Waals surface area contributed by atoms with Crippen LogP contribution in [0.1, 0.15) is 20.8 Å². The fraction of sp³-hybridized carbons (Fsp3) is 0.562. The van der Waals surface area contributed by atoms with Gasteiger partial charge in [0.15, 0.2) is 0 Å². The van der Waals surface area contributed by atoms with Crippen LogP contribution in [-0.2, 0) is 20.7 Å². The van der Waals surface area contributed by atoms with Gasteiger partial charge in [-0.15, -0.1) is 0 Å². The topological polar surface area (TPSA) is 143 Å². The molecule has 2 rings (SSSR count). The van der Waals surface area contributed by atoms with Gasteiger partial charge in [-0.2, -0.15) is 0 Å². The molecule has 1 aromatic carbocycles. The van der Waals surface area contributed by atoms with E-state index in [4.69, 9.17) is 14.0 Å². The Morgan fingerprint density at radius 2 is 2.21 bits per heavy atom. The number of nitro groups is 1. The molecule has 3 N–H and O–H groups in total. The van der Waals surface area contributed by atoms with Crippen LogP contribution in [-0.4, -0.2) is 62.6 Å². The summed E-state index contributed by atoms with van der Waals surface area (Å²) in [6.07, 6.45) is -0.803. The number of amides is 1. The van der Waals surface area contributed by atoms with Crippen molar-refractivity contribution in [1.29, 1.82) is 0 Å². The standard InChI is InChI=1S/C16H24N4O7S/c1-16(2,3)27-15(21)19-6-7-26-12(10-19)9-17-13-5-4-11(18-28(24)25)8-14(13)20(22)23/h4-5,8,12,17-18H,6-7,9-10H2,1-3H3,(H,24,25). The Bertz CT molecular complexity index is 753. The molecule has 1 fully saturated rings. The Morgan fingerprint density at radius 3 is 2.82 bits per heavy atom. The lowest BCUT2D eigenvalue weighted by atomic mass is 10.2. The largest absolute Gasteiger partial charge is 0.444 e. The third-order valence-electron chi connectivity index (χ3n) is 3.71. The van der Waals surface area contributed by atoms with Gasteiger partial charge in [0, 0.05) is 19.2 Å². The van der Waals surface area contributed by atoms with Crippen LogP contribution in [0.5, 0.6) is 0 Å². The SMILES string of the molecule is CC(C)(C)OC(=O)N1CCOC(CNc2ccc(NS(=O)O)cc2[N+](=O)[O-])C1. The number of benzene rings is 1. The molecule has 2 atom stereocenters. The van der Waals surface area contributed by atoms with Crippen molar-refractivity contribution in [3.63, 3.8) is 0 Å². The molecule has 1 aliphatic rings. The second-order valence-corrected chi connectivity index (χ2v) is 7.84. The highest BCUT2D eigenvalue weighted by atomic mass is 32.2. The summed E-state index contributed by atoms with van der Waals surface area (Å²) < 4.78 is 32.8. The van der Waals surface area contributed by atoms with Gasteiger partial charge in [-0.25, -0.2) is 9.00 Å². The maximum atomic E-state index is 12.2. The van der Waals surface area contributed by atoms with Gasteiger partial charge in [-0.3, -0.25) is 19.4 Å². The molecule has 12 heteroatoms. The van der Waals surface area contributed by atoms with E-state index < -0.39 is 27.9 Å². The number of carbonyl (C=O) groups is 1. The molecule has 0 bridgehead atoms. The summed E-state index contributed by atoms with van der Waals surface area (Å²) in [6, 6.07) is 4.03. The third-order valence-corrected chi connectivity index (χ3v) is 4.12. The van der Waals surface area contributed by atoms with Gasteiger partial charge in [0.2, 0.25) is 0 Å². The van der Waals surface area contributed by atoms with E-state index >= 15 is 0 Å². The molecule has 0 spiro atoms. The van der Waals surface area contributed by atoms with E-state index in [-0.39, 0.29) is 29.7 Å². The molecule has 28 heavy (non-hydrogen) atoms. The lowest BCUT2D eigenvalue weighted by Crippen LogP contribution is -2.49. The first-order valence-electron chi connectivity index (χ1n) is 8.54. The van der Waals surface area contributed by atoms with Crippen molar-refractivity contribution in [2.75, 3.05) is 36.3 Å². The second-order valence-electron chi connectivity index (χ2n) is 7.14. The van der Waals surface area contributed by atoms with Crippen molar-refractivity contribution in [3.05, 3.63) is 28.3 Å². The van der Waals surface area contributed by atoms with Gasteiger partial charge < -0.3 is 19.7 Å². The fourth-order valence-corrected chi connectivity index (χ4v) is 2.88. The monoisotopic (exact) mass is 416 g/mol. The number of carbonyl (C=O) groups excluding carboxylic acids is 1. The summed E-state index contributed by atoms with van der Waals surface area (Å²) >= 11 is -2.33. The van der Waals surface area contributed by atoms with E-state index in [9.17, 15) is 19.1 Å². The van der Waals surface area contributed by atoms with Crippen molar-refractivity contribution in [3.8, 4) is 0 Å². The van der Waals surface area contributed by atoms with Crippen molar-refractivity contribution >= 4 is 34.4 Å². The van der Waals surface area contributed by atoms with Crippen LogP contribution in [0.3, 0.4) is 0 Å². The minimum Gasteiger partial charge on any atom is -0.444 e. The molecule has 1 saturated heterocycles. The van der Waals surface area contributed by atoms with Gasteiger partial charge in [0.05, 0.1) is 29.9 Å². The van der Waals surface area contributed by atoms with Crippen LogP contribution in [0.2, 0.25) is 0 Å². The highest BCUT2D eigenvalue weighted by Gasteiger charge is 2.28. The zero-order valence-electron chi connectivity index (χ0n) is 15.8. The van der Waals surface area contributed by atoms with Crippen molar-refractivity contribution in [2.24, 2.45) is 0 Å². The molecule has 0 radical (unpaired) electrons. The number of nitro benzene ring substituents is 1. The number of anilines is 2. The maximum Gasteiger partial charge on any atom is 0.410 e. The molecular weight excluding hydrogens is 392 g/mol. The summed E-state index contributed by atoms with van der Waals surface area (Å²) in [7, 11) is 0. The van der Waals surface area contributed by atoms with Crippen molar-refractivity contribution in [2.45, 2.75) is 32.5 Å². The number of nitrogens with zero attached hydrogens (tertiary/aromatic N) is 2. The lowest BCUT2D eigenvalue weighted by Gasteiger charge is -2.34. The summed E-state index contributed by atoms with van der Waals surface area (Å²) in [4.78, 5) is 24.4. The molecule has 0 aliphatic carbocycles. The number of morpholine rings is 1. The molecule has 156 valence electrons. The summed E-state index contributed by atoms with van der Waals surface area (Å²) in [5, 5.41) is 14.2. The number of hydrogen-bond donors (Lipinski definition) is 3. The van der Waals surface area contributed by atoms with Gasteiger partial charge >= 0.3 is 6.09 Å². The number of hydrogen-bond acceptors (Lipinski definition) is 7. The van der Waals surface area contributed by atoms with Crippen molar-refractivity contribution < 1.29 is 28.0 Å². The van der Waals surface area contributed by atoms with Crippen molar-refractivity contribution in [1.82, 2.24) is 4.90 Å². The van der Waals surface area contributed by atoms with E-state index in [1.807, 2.05) is 0 Å². The van der Waals surface area contributed by atoms with Crippen LogP contribution < -0.4 is 10.0 Å². The van der Waals surface area contributed by atoms with Gasteiger partial charge in [0.1, 0.15) is 11.3 Å². The first-order chi connectivity index (χ1) is 13.0. The predicted molar refractivity (Wildman–Crippen MR) is 104 cm³/mol. The number of nitrogens with one attached hydrogen (secondary N) is 2. The lowest BCUT2D eigenvalue weighted by molar-refractivity contribution is -0.383. The third kappa shape index (κ3) is 6.62. The smallest absolute Gasteiger partial charge is 0.410 e. The molecule has 1 heterocycles. The quantitative estimate of drug-likeness (QED) is 0.364. The minimum absolute atomic E-state index is 0.142. The molecule has 1 aromatic rings. The summed E-state index contributed by atoms with van der Waals surface area (Å²) in [6.45, 7) is 6.62. The van der Waals surface area contributed by atoms with Crippen LogP contribution >= 0.6 is 0 Å². The Labute approximate surface area is 164 Å². The molecule has 1 aliphatic heterocycles. The Kier molecular flexibility index (Phi) is 7.16. The van der Waals surface area contributed by atoms with E-state index in [1.54, 1.807) is 25.7 Å². The Hall–Kier alpha value is -2.44. The van der Waals surface area contributed by atoms with E-state index in [2.05, 4.69) is 10.0 Å². The summed E-state index contributed by atoms with van der Waals surface area (Å²) in [5.41, 5.74) is -0.478. The molecule has 11 nitrogen and oxygen atoms in total. The predicted octanol–water partition coefficient (Wildman–Crippen LogP) is 2.19. The average Bonchev–Trinajstić information content (AvgIpc) is 2.58. The van der Waals surface area contributed by atoms with E-state index in [0.717, 1.165) is 6.07 Å². The highest BCUT2D eigenvalue weighted by Crippen LogP contribution is 2.28. The van der Waals surface area contributed by atoms with Crippen LogP contribution in [0, 0.1) is 10.1 Å². The fourth-order valence-electron chi connectivity index (χ4n) is 2.56. The molecule has 1 amide bonds. The Morgan fingerprint density at radius 1 is 1.50 bits per heavy atom. The number of rotatable bonds is 6. The zero-order chi connectivity index (χ0) is 20.9. The van der Waals surface area contributed by atoms with E-state index in [0.29, 0.717) is 19.7 Å². The second kappa shape index (κ2) is 9.17. The normalized spacial score (nSPS) is 18.3. The number of ether oxygens (including phenoxy) is 2. The average molecular weight is 416 g/mol. The van der Waals surface area contributed by atoms with Crippen LogP contribution in [0.25, 0.3) is 0 Å². The minimum atomic E-state index is -2.33. The van der Waals surface area contributed by atoms with Gasteiger partial charge in [0.25, 0.3) is 17.0 Å². The molecule has 0 aromatic heterocycles.